The van der Waals surface area contributed by atoms with Gasteiger partial charge in [0.05, 0.1) is 18.6 Å². The minimum Gasteiger partial charge on any atom is -0.393 e. The van der Waals surface area contributed by atoms with Crippen LogP contribution in [0.3, 0.4) is 0 Å². The highest BCUT2D eigenvalue weighted by Gasteiger charge is 2.59. The van der Waals surface area contributed by atoms with Crippen LogP contribution in [0.2, 0.25) is 0 Å². The normalized spacial score (nSPS) is 50.8. The quantitative estimate of drug-likeness (QED) is 0.230. The Kier molecular flexibility index (Phi) is 6.54. The number of hydrogen-bond donors (Lipinski definition) is 8. The lowest BCUT2D eigenvalue weighted by molar-refractivity contribution is -0.395. The summed E-state index contributed by atoms with van der Waals surface area (Å²) in [4.78, 5) is 0. The molecule has 0 aromatic heterocycles. The predicted molar refractivity (Wildman–Crippen MR) is 77.5 cm³/mol. The Morgan fingerprint density at radius 1 is 0.962 bits per heavy atom. The van der Waals surface area contributed by atoms with Gasteiger partial charge in [-0.25, -0.2) is 0 Å². The van der Waals surface area contributed by atoms with Gasteiger partial charge in [-0.3, -0.25) is 0 Å². The summed E-state index contributed by atoms with van der Waals surface area (Å²) in [5, 5.41) is 87.5. The zero-order chi connectivity index (χ0) is 19.8. The van der Waals surface area contributed by atoms with Crippen LogP contribution in [-0.4, -0.2) is 109 Å². The van der Waals surface area contributed by atoms with Crippen LogP contribution in [0, 0.1) is 17.2 Å². The molecule has 150 valence electrons. The summed E-state index contributed by atoms with van der Waals surface area (Å²) in [5.74, 6) is -1.17. The number of ether oxygens (including phenoxy) is 3. The molecule has 0 aromatic carbocycles. The average molecular weight is 381 g/mol. The molecule has 12 nitrogen and oxygen atoms in total. The van der Waals surface area contributed by atoms with Gasteiger partial charge in [0.15, 0.2) is 18.9 Å². The van der Waals surface area contributed by atoms with Crippen molar-refractivity contribution in [2.24, 2.45) is 5.92 Å². The molecular formula is C14H23NO11. The highest BCUT2D eigenvalue weighted by atomic mass is 16.8. The Balaban J connectivity index is 2.34. The lowest BCUT2D eigenvalue weighted by Gasteiger charge is -2.51. The molecule has 0 radical (unpaired) electrons. The van der Waals surface area contributed by atoms with Crippen LogP contribution in [0.25, 0.3) is 0 Å². The maximum absolute atomic E-state index is 10.3. The van der Waals surface area contributed by atoms with Crippen molar-refractivity contribution in [3.63, 3.8) is 0 Å². The minimum atomic E-state index is -2.03. The van der Waals surface area contributed by atoms with Gasteiger partial charge in [0.25, 0.3) is 0 Å². The molecule has 0 spiro atoms. The molecule has 2 fully saturated rings. The van der Waals surface area contributed by atoms with Gasteiger partial charge < -0.3 is 55.1 Å². The fourth-order valence-corrected chi connectivity index (χ4v) is 3.00. The zero-order valence-electron chi connectivity index (χ0n) is 13.7. The maximum atomic E-state index is 10.3. The third-order valence-electron chi connectivity index (χ3n) is 4.77. The predicted octanol–water partition coefficient (Wildman–Crippen LogP) is -4.91. The SMILES string of the molecule is CC(C#N)[C@]1(CO)O[C@@H](O)[C@H](O)[C@H](O)[C@@H]1O[C@@H]1O[C@H](O)[C@@H](O)[C@H](O)[C@H]1O. The third kappa shape index (κ3) is 3.44. The molecule has 0 bridgehead atoms. The standard InChI is InChI=1S/C14H23NO11/c1-4(2-15)14(3-16)10(6(18)8(20)12(23)26-14)24-13-9(21)5(17)7(19)11(22)25-13/h4-13,16-23H,3H2,1H3/t4?,5-,6-,7-,8+,9+,10-,11-,12+,13+,14-/m0/s1. The van der Waals surface area contributed by atoms with Gasteiger partial charge in [-0.1, -0.05) is 0 Å². The van der Waals surface area contributed by atoms with E-state index in [1.165, 1.54) is 6.92 Å². The van der Waals surface area contributed by atoms with E-state index in [9.17, 15) is 46.1 Å². The van der Waals surface area contributed by atoms with E-state index < -0.39 is 73.6 Å². The molecule has 2 aliphatic rings. The third-order valence-corrected chi connectivity index (χ3v) is 4.77. The monoisotopic (exact) mass is 381 g/mol. The second-order valence-electron chi connectivity index (χ2n) is 6.38. The fraction of sp³-hybridized carbons (Fsp3) is 0.929. The van der Waals surface area contributed by atoms with Crippen molar-refractivity contribution in [1.82, 2.24) is 0 Å². The zero-order valence-corrected chi connectivity index (χ0v) is 13.7. The Morgan fingerprint density at radius 2 is 1.54 bits per heavy atom. The van der Waals surface area contributed by atoms with Crippen molar-refractivity contribution in [3.8, 4) is 6.07 Å². The van der Waals surface area contributed by atoms with Crippen LogP contribution in [0.5, 0.6) is 0 Å². The van der Waals surface area contributed by atoms with Crippen molar-refractivity contribution in [3.05, 3.63) is 0 Å². The molecule has 2 rings (SSSR count). The van der Waals surface area contributed by atoms with Crippen LogP contribution in [0.1, 0.15) is 6.92 Å². The van der Waals surface area contributed by atoms with Gasteiger partial charge in [-0.2, -0.15) is 5.26 Å². The van der Waals surface area contributed by atoms with Crippen molar-refractivity contribution < 1.29 is 55.1 Å². The van der Waals surface area contributed by atoms with E-state index in [4.69, 9.17) is 14.2 Å². The summed E-state index contributed by atoms with van der Waals surface area (Å²) in [7, 11) is 0. The van der Waals surface area contributed by atoms with Gasteiger partial charge in [-0.15, -0.1) is 0 Å². The largest absolute Gasteiger partial charge is 0.393 e. The number of hydrogen-bond acceptors (Lipinski definition) is 12. The molecule has 2 heterocycles. The summed E-state index contributed by atoms with van der Waals surface area (Å²) < 4.78 is 15.3. The summed E-state index contributed by atoms with van der Waals surface area (Å²) in [5.41, 5.74) is -2.03. The van der Waals surface area contributed by atoms with Crippen LogP contribution >= 0.6 is 0 Å². The Morgan fingerprint density at radius 3 is 2.08 bits per heavy atom. The number of nitriles is 1. The van der Waals surface area contributed by atoms with Gasteiger partial charge in [-0.05, 0) is 6.92 Å². The molecule has 0 saturated carbocycles. The first-order valence-electron chi connectivity index (χ1n) is 7.86. The first-order chi connectivity index (χ1) is 12.1. The fourth-order valence-electron chi connectivity index (χ4n) is 3.00. The van der Waals surface area contributed by atoms with Gasteiger partial charge in [0, 0.05) is 0 Å². The van der Waals surface area contributed by atoms with Crippen molar-refractivity contribution in [1.29, 1.82) is 5.26 Å². The highest BCUT2D eigenvalue weighted by Crippen LogP contribution is 2.38. The van der Waals surface area contributed by atoms with Crippen LogP contribution in [0.4, 0.5) is 0 Å². The molecule has 2 saturated heterocycles. The molecule has 1 unspecified atom stereocenters. The van der Waals surface area contributed by atoms with Gasteiger partial charge >= 0.3 is 0 Å². The van der Waals surface area contributed by atoms with E-state index in [0.717, 1.165) is 0 Å². The molecule has 11 atom stereocenters. The summed E-state index contributed by atoms with van der Waals surface area (Å²) >= 11 is 0. The first-order valence-corrected chi connectivity index (χ1v) is 7.86. The molecular weight excluding hydrogens is 358 g/mol. The lowest BCUT2D eigenvalue weighted by atomic mass is 9.78. The summed E-state index contributed by atoms with van der Waals surface area (Å²) in [6.45, 7) is 0.374. The molecule has 8 N–H and O–H groups in total. The van der Waals surface area contributed by atoms with E-state index in [1.807, 2.05) is 0 Å². The molecule has 0 amide bonds. The van der Waals surface area contributed by atoms with Crippen LogP contribution in [-0.2, 0) is 14.2 Å². The second kappa shape index (κ2) is 7.97. The average Bonchev–Trinajstić information content (AvgIpc) is 2.63. The number of aliphatic hydroxyl groups excluding tert-OH is 8. The van der Waals surface area contributed by atoms with Gasteiger partial charge in [0.2, 0.25) is 0 Å². The first kappa shape index (κ1) is 21.4. The van der Waals surface area contributed by atoms with Crippen molar-refractivity contribution >= 4 is 0 Å². The van der Waals surface area contributed by atoms with Crippen molar-refractivity contribution in [2.45, 2.75) is 68.0 Å². The van der Waals surface area contributed by atoms with Gasteiger partial charge in [0.1, 0.15) is 42.2 Å². The number of rotatable bonds is 4. The highest BCUT2D eigenvalue weighted by molar-refractivity contribution is 5.09. The van der Waals surface area contributed by atoms with E-state index in [1.54, 1.807) is 6.07 Å². The maximum Gasteiger partial charge on any atom is 0.189 e. The summed E-state index contributed by atoms with van der Waals surface area (Å²) in [6.07, 6.45) is -16.7. The van der Waals surface area contributed by atoms with E-state index >= 15 is 0 Å². The second-order valence-corrected chi connectivity index (χ2v) is 6.38. The lowest BCUT2D eigenvalue weighted by Crippen LogP contribution is -2.70. The van der Waals surface area contributed by atoms with E-state index in [-0.39, 0.29) is 0 Å². The Labute approximate surface area is 148 Å². The van der Waals surface area contributed by atoms with E-state index in [2.05, 4.69) is 0 Å². The van der Waals surface area contributed by atoms with Crippen LogP contribution < -0.4 is 0 Å². The molecule has 12 heteroatoms. The molecule has 26 heavy (non-hydrogen) atoms. The molecule has 2 aliphatic heterocycles. The summed E-state index contributed by atoms with van der Waals surface area (Å²) in [6, 6.07) is 1.77. The molecule has 0 aliphatic carbocycles. The smallest absolute Gasteiger partial charge is 0.189 e. The molecule has 0 aromatic rings. The van der Waals surface area contributed by atoms with Crippen LogP contribution in [0.15, 0.2) is 0 Å². The van der Waals surface area contributed by atoms with E-state index in [0.29, 0.717) is 0 Å². The minimum absolute atomic E-state index is 0.927. The topological polar surface area (TPSA) is 213 Å². The number of aliphatic hydroxyl groups is 8. The Hall–Kier alpha value is -0.950. The Bertz CT molecular complexity index is 530. The number of nitrogens with zero attached hydrogens (tertiary/aromatic N) is 1. The van der Waals surface area contributed by atoms with Crippen molar-refractivity contribution in [2.75, 3.05) is 6.61 Å².